The van der Waals surface area contributed by atoms with Crippen LogP contribution in [-0.2, 0) is 0 Å². The molecule has 1 aliphatic heterocycles. The number of halogens is 1. The number of aryl methyl sites for hydroxylation is 1. The standard InChI is InChI=1S/C16H20ClN5S/c1-9(2)6-13(18)15-19-20-16-22(15)21-14(8-23-16)11-4-5-12(17)10(3)7-11/h4-5,7,9,13H,6,8,18H2,1-3H3. The molecule has 0 saturated carbocycles. The van der Waals surface area contributed by atoms with Crippen LogP contribution in [0.1, 0.15) is 43.3 Å². The Morgan fingerprint density at radius 2 is 2.13 bits per heavy atom. The zero-order valence-electron chi connectivity index (χ0n) is 13.5. The van der Waals surface area contributed by atoms with Gasteiger partial charge in [-0.1, -0.05) is 43.3 Å². The van der Waals surface area contributed by atoms with E-state index in [2.05, 4.69) is 30.1 Å². The van der Waals surface area contributed by atoms with Crippen LogP contribution in [0.15, 0.2) is 28.5 Å². The second kappa shape index (κ2) is 6.63. The fourth-order valence-electron chi connectivity index (χ4n) is 2.55. The van der Waals surface area contributed by atoms with Crippen LogP contribution < -0.4 is 5.73 Å². The number of aromatic nitrogens is 3. The minimum Gasteiger partial charge on any atom is -0.321 e. The molecular weight excluding hydrogens is 330 g/mol. The van der Waals surface area contributed by atoms with Crippen molar-refractivity contribution in [2.75, 3.05) is 5.75 Å². The molecule has 122 valence electrons. The van der Waals surface area contributed by atoms with Crippen LogP contribution >= 0.6 is 23.4 Å². The van der Waals surface area contributed by atoms with Crippen LogP contribution in [0.5, 0.6) is 0 Å². The van der Waals surface area contributed by atoms with Gasteiger partial charge in [-0.15, -0.1) is 10.2 Å². The Morgan fingerprint density at radius 3 is 2.83 bits per heavy atom. The molecule has 5 nitrogen and oxygen atoms in total. The summed E-state index contributed by atoms with van der Waals surface area (Å²) in [7, 11) is 0. The number of hydrogen-bond donors (Lipinski definition) is 1. The minimum atomic E-state index is -0.160. The predicted molar refractivity (Wildman–Crippen MR) is 95.3 cm³/mol. The highest BCUT2D eigenvalue weighted by Crippen LogP contribution is 2.28. The van der Waals surface area contributed by atoms with Crippen LogP contribution in [-0.4, -0.2) is 26.3 Å². The normalized spacial score (nSPS) is 15.5. The van der Waals surface area contributed by atoms with Crippen LogP contribution in [0, 0.1) is 12.8 Å². The van der Waals surface area contributed by atoms with Gasteiger partial charge in [-0.3, -0.25) is 0 Å². The van der Waals surface area contributed by atoms with Crippen molar-refractivity contribution >= 4 is 29.1 Å². The highest BCUT2D eigenvalue weighted by Gasteiger charge is 2.23. The molecule has 0 amide bonds. The van der Waals surface area contributed by atoms with Crippen molar-refractivity contribution in [2.45, 2.75) is 38.4 Å². The van der Waals surface area contributed by atoms with Gasteiger partial charge in [0, 0.05) is 10.8 Å². The molecule has 0 bridgehead atoms. The van der Waals surface area contributed by atoms with Gasteiger partial charge < -0.3 is 5.73 Å². The Balaban J connectivity index is 1.96. The average Bonchev–Trinajstić information content (AvgIpc) is 2.92. The monoisotopic (exact) mass is 349 g/mol. The van der Waals surface area contributed by atoms with Crippen molar-refractivity contribution in [2.24, 2.45) is 16.8 Å². The number of nitrogens with two attached hydrogens (primary N) is 1. The molecule has 1 aromatic carbocycles. The first-order valence-corrected chi connectivity index (χ1v) is 9.00. The molecule has 0 radical (unpaired) electrons. The Hall–Kier alpha value is -1.37. The summed E-state index contributed by atoms with van der Waals surface area (Å²) in [6, 6.07) is 5.81. The molecule has 3 rings (SSSR count). The molecule has 1 aliphatic rings. The highest BCUT2D eigenvalue weighted by atomic mass is 35.5. The topological polar surface area (TPSA) is 69.1 Å². The van der Waals surface area contributed by atoms with Gasteiger partial charge in [0.05, 0.1) is 11.8 Å². The summed E-state index contributed by atoms with van der Waals surface area (Å²) in [5, 5.41) is 14.8. The smallest absolute Gasteiger partial charge is 0.212 e. The fourth-order valence-corrected chi connectivity index (χ4v) is 3.52. The molecule has 7 heteroatoms. The molecule has 1 atom stereocenters. The molecule has 0 fully saturated rings. The highest BCUT2D eigenvalue weighted by molar-refractivity contribution is 7.99. The van der Waals surface area contributed by atoms with Gasteiger partial charge in [-0.05, 0) is 42.5 Å². The van der Waals surface area contributed by atoms with E-state index in [0.717, 1.165) is 45.0 Å². The summed E-state index contributed by atoms with van der Waals surface area (Å²) >= 11 is 7.74. The van der Waals surface area contributed by atoms with Gasteiger partial charge in [0.1, 0.15) is 0 Å². The number of fused-ring (bicyclic) bond motifs is 1. The van der Waals surface area contributed by atoms with Gasteiger partial charge in [0.25, 0.3) is 0 Å². The van der Waals surface area contributed by atoms with Crippen molar-refractivity contribution in [3.8, 4) is 0 Å². The maximum absolute atomic E-state index is 6.27. The number of thioether (sulfide) groups is 1. The Kier molecular flexibility index (Phi) is 4.75. The lowest BCUT2D eigenvalue weighted by atomic mass is 10.0. The molecule has 1 aromatic heterocycles. The summed E-state index contributed by atoms with van der Waals surface area (Å²) in [6.45, 7) is 6.29. The van der Waals surface area contributed by atoms with Gasteiger partial charge in [0.15, 0.2) is 5.82 Å². The second-order valence-corrected chi connectivity index (χ2v) is 7.54. The van der Waals surface area contributed by atoms with Crippen molar-refractivity contribution in [1.82, 2.24) is 14.9 Å². The first-order chi connectivity index (χ1) is 11.0. The Bertz CT molecular complexity index is 753. The lowest BCUT2D eigenvalue weighted by Gasteiger charge is -2.17. The Labute approximate surface area is 145 Å². The van der Waals surface area contributed by atoms with E-state index in [1.807, 2.05) is 19.1 Å². The lowest BCUT2D eigenvalue weighted by Crippen LogP contribution is -2.20. The van der Waals surface area contributed by atoms with Gasteiger partial charge in [-0.25, -0.2) is 0 Å². The zero-order chi connectivity index (χ0) is 16.6. The van der Waals surface area contributed by atoms with Crippen LogP contribution in [0.3, 0.4) is 0 Å². The van der Waals surface area contributed by atoms with Crippen LogP contribution in [0.2, 0.25) is 5.02 Å². The first-order valence-electron chi connectivity index (χ1n) is 7.63. The molecule has 2 N–H and O–H groups in total. The molecule has 0 saturated heterocycles. The zero-order valence-corrected chi connectivity index (χ0v) is 15.0. The Morgan fingerprint density at radius 1 is 1.35 bits per heavy atom. The van der Waals surface area contributed by atoms with E-state index in [9.17, 15) is 0 Å². The number of rotatable bonds is 4. The largest absolute Gasteiger partial charge is 0.321 e. The van der Waals surface area contributed by atoms with Crippen LogP contribution in [0.25, 0.3) is 0 Å². The fraction of sp³-hybridized carbons (Fsp3) is 0.438. The van der Waals surface area contributed by atoms with Gasteiger partial charge in [0.2, 0.25) is 5.16 Å². The maximum Gasteiger partial charge on any atom is 0.212 e. The summed E-state index contributed by atoms with van der Waals surface area (Å²) in [6.07, 6.45) is 0.855. The summed E-state index contributed by atoms with van der Waals surface area (Å²) < 4.78 is 1.79. The molecule has 2 heterocycles. The van der Waals surface area contributed by atoms with Crippen molar-refractivity contribution in [3.05, 3.63) is 40.2 Å². The van der Waals surface area contributed by atoms with E-state index in [-0.39, 0.29) is 6.04 Å². The van der Waals surface area contributed by atoms with E-state index < -0.39 is 0 Å². The van der Waals surface area contributed by atoms with E-state index in [1.165, 1.54) is 0 Å². The van der Waals surface area contributed by atoms with Crippen molar-refractivity contribution in [1.29, 1.82) is 0 Å². The molecule has 23 heavy (non-hydrogen) atoms. The first kappa shape index (κ1) is 16.5. The second-order valence-electron chi connectivity index (χ2n) is 6.19. The minimum absolute atomic E-state index is 0.160. The third-order valence-electron chi connectivity index (χ3n) is 3.74. The van der Waals surface area contributed by atoms with Gasteiger partial charge in [-0.2, -0.15) is 9.78 Å². The molecule has 0 spiro atoms. The summed E-state index contributed by atoms with van der Waals surface area (Å²) in [4.78, 5) is 0. The SMILES string of the molecule is Cc1cc(C2=Nn3c(nnc3C(N)CC(C)C)SC2)ccc1Cl. The molecule has 0 aliphatic carbocycles. The maximum atomic E-state index is 6.27. The molecule has 2 aromatic rings. The quantitative estimate of drug-likeness (QED) is 0.914. The van der Waals surface area contributed by atoms with Crippen molar-refractivity contribution in [3.63, 3.8) is 0 Å². The summed E-state index contributed by atoms with van der Waals surface area (Å²) in [5.41, 5.74) is 9.38. The van der Waals surface area contributed by atoms with E-state index in [0.29, 0.717) is 5.92 Å². The average molecular weight is 350 g/mol. The molecular formula is C16H20ClN5S. The third kappa shape index (κ3) is 3.44. The van der Waals surface area contributed by atoms with Crippen LogP contribution in [0.4, 0.5) is 0 Å². The number of benzene rings is 1. The predicted octanol–water partition coefficient (Wildman–Crippen LogP) is 3.64. The third-order valence-corrected chi connectivity index (χ3v) is 5.10. The number of nitrogens with zero attached hydrogens (tertiary/aromatic N) is 4. The lowest BCUT2D eigenvalue weighted by molar-refractivity contribution is 0.478. The van der Waals surface area contributed by atoms with Gasteiger partial charge >= 0.3 is 0 Å². The van der Waals surface area contributed by atoms with E-state index in [1.54, 1.807) is 16.4 Å². The van der Waals surface area contributed by atoms with E-state index in [4.69, 9.17) is 22.4 Å². The summed E-state index contributed by atoms with van der Waals surface area (Å²) in [5.74, 6) is 1.99. The van der Waals surface area contributed by atoms with E-state index >= 15 is 0 Å². The van der Waals surface area contributed by atoms with Crippen molar-refractivity contribution < 1.29 is 0 Å². The number of hydrogen-bond acceptors (Lipinski definition) is 5. The molecule has 1 unspecified atom stereocenters.